The fourth-order valence-electron chi connectivity index (χ4n) is 8.54. The van der Waals surface area contributed by atoms with Gasteiger partial charge in [-0.3, -0.25) is 9.59 Å². The predicted molar refractivity (Wildman–Crippen MR) is 127 cm³/mol. The Hall–Kier alpha value is -0.860. The standard InChI is InChI=1S/C28H48O3/c1-7-20-17-24(29)28(6,16-14-25(30)31)23-13-15-27(5)21(11-12-22(27)26(20)23)19(4)10-8-9-18(2)3/h18-23,26H,7-17H2,1-6H3,(H,30,31)/t19?,20-,21?,22?,23?,26?,27+,28+/m0/s1. The van der Waals surface area contributed by atoms with Crippen molar-refractivity contribution in [3.63, 3.8) is 0 Å². The quantitative estimate of drug-likeness (QED) is 0.413. The third kappa shape index (κ3) is 4.62. The average molecular weight is 433 g/mol. The van der Waals surface area contributed by atoms with Crippen LogP contribution in [-0.2, 0) is 9.59 Å². The Morgan fingerprint density at radius 1 is 1.10 bits per heavy atom. The molecule has 0 heterocycles. The van der Waals surface area contributed by atoms with E-state index in [-0.39, 0.29) is 6.42 Å². The molecule has 3 aliphatic rings. The molecule has 0 spiro atoms. The van der Waals surface area contributed by atoms with Crippen molar-refractivity contribution in [3.8, 4) is 0 Å². The van der Waals surface area contributed by atoms with Crippen LogP contribution < -0.4 is 0 Å². The maximum Gasteiger partial charge on any atom is 0.303 e. The predicted octanol–water partition coefficient (Wildman–Crippen LogP) is 7.38. The van der Waals surface area contributed by atoms with Crippen molar-refractivity contribution in [2.24, 2.45) is 52.3 Å². The van der Waals surface area contributed by atoms with Crippen LogP contribution in [0.25, 0.3) is 0 Å². The van der Waals surface area contributed by atoms with Crippen molar-refractivity contribution in [2.75, 3.05) is 0 Å². The zero-order chi connectivity index (χ0) is 23.0. The summed E-state index contributed by atoms with van der Waals surface area (Å²) in [6.07, 6.45) is 11.5. The van der Waals surface area contributed by atoms with E-state index in [1.165, 1.54) is 38.5 Å². The maximum absolute atomic E-state index is 13.3. The Labute approximate surface area is 191 Å². The summed E-state index contributed by atoms with van der Waals surface area (Å²) in [4.78, 5) is 24.6. The molecule has 3 aliphatic carbocycles. The summed E-state index contributed by atoms with van der Waals surface area (Å²) in [5, 5.41) is 9.32. The molecule has 0 amide bonds. The van der Waals surface area contributed by atoms with Gasteiger partial charge in [-0.1, -0.05) is 67.2 Å². The van der Waals surface area contributed by atoms with Crippen LogP contribution in [0.2, 0.25) is 0 Å². The zero-order valence-corrected chi connectivity index (χ0v) is 21.1. The van der Waals surface area contributed by atoms with Crippen LogP contribution in [-0.4, -0.2) is 16.9 Å². The molecule has 0 aromatic carbocycles. The van der Waals surface area contributed by atoms with Crippen LogP contribution in [0, 0.1) is 52.3 Å². The van der Waals surface area contributed by atoms with Crippen molar-refractivity contribution < 1.29 is 14.7 Å². The minimum Gasteiger partial charge on any atom is -0.481 e. The van der Waals surface area contributed by atoms with Gasteiger partial charge in [-0.15, -0.1) is 0 Å². The number of hydrogen-bond acceptors (Lipinski definition) is 2. The number of rotatable bonds is 9. The summed E-state index contributed by atoms with van der Waals surface area (Å²) in [7, 11) is 0. The van der Waals surface area contributed by atoms with E-state index < -0.39 is 11.4 Å². The second-order valence-electron chi connectivity index (χ2n) is 12.4. The van der Waals surface area contributed by atoms with E-state index in [0.717, 1.165) is 30.6 Å². The highest BCUT2D eigenvalue weighted by molar-refractivity contribution is 5.86. The zero-order valence-electron chi connectivity index (χ0n) is 21.1. The molecule has 0 aliphatic heterocycles. The van der Waals surface area contributed by atoms with Crippen molar-refractivity contribution in [1.82, 2.24) is 0 Å². The second-order valence-corrected chi connectivity index (χ2v) is 12.4. The normalized spacial score (nSPS) is 41.1. The molecule has 31 heavy (non-hydrogen) atoms. The van der Waals surface area contributed by atoms with Gasteiger partial charge < -0.3 is 5.11 Å². The average Bonchev–Trinajstić information content (AvgIpc) is 3.05. The van der Waals surface area contributed by atoms with Crippen LogP contribution in [0.4, 0.5) is 0 Å². The molecule has 3 heteroatoms. The van der Waals surface area contributed by atoms with E-state index in [0.29, 0.717) is 47.7 Å². The first kappa shape index (κ1) is 24.8. The molecule has 3 saturated carbocycles. The van der Waals surface area contributed by atoms with Crippen molar-refractivity contribution >= 4 is 11.8 Å². The molecule has 8 atom stereocenters. The summed E-state index contributed by atoms with van der Waals surface area (Å²) >= 11 is 0. The first-order chi connectivity index (χ1) is 14.5. The number of ketones is 1. The van der Waals surface area contributed by atoms with E-state index in [9.17, 15) is 14.7 Å². The summed E-state index contributed by atoms with van der Waals surface area (Å²) in [5.41, 5.74) is -0.0308. The highest BCUT2D eigenvalue weighted by Gasteiger charge is 2.61. The first-order valence-electron chi connectivity index (χ1n) is 13.3. The summed E-state index contributed by atoms with van der Waals surface area (Å²) in [6, 6.07) is 0. The minimum atomic E-state index is -0.764. The Balaban J connectivity index is 1.82. The molecule has 3 rings (SSSR count). The molecule has 5 unspecified atom stereocenters. The van der Waals surface area contributed by atoms with Gasteiger partial charge in [-0.2, -0.15) is 0 Å². The Morgan fingerprint density at radius 3 is 2.42 bits per heavy atom. The number of carboxylic acid groups (broad SMARTS) is 1. The van der Waals surface area contributed by atoms with Crippen LogP contribution >= 0.6 is 0 Å². The van der Waals surface area contributed by atoms with Crippen LogP contribution in [0.5, 0.6) is 0 Å². The van der Waals surface area contributed by atoms with Gasteiger partial charge in [-0.05, 0) is 78.9 Å². The summed E-state index contributed by atoms with van der Waals surface area (Å²) < 4.78 is 0. The molecule has 1 N–H and O–H groups in total. The monoisotopic (exact) mass is 432 g/mol. The fourth-order valence-corrected chi connectivity index (χ4v) is 8.54. The lowest BCUT2D eigenvalue weighted by Crippen LogP contribution is -2.55. The molecule has 0 bridgehead atoms. The maximum atomic E-state index is 13.3. The van der Waals surface area contributed by atoms with Gasteiger partial charge in [0, 0.05) is 18.3 Å². The highest BCUT2D eigenvalue weighted by atomic mass is 16.4. The van der Waals surface area contributed by atoms with Crippen LogP contribution in [0.15, 0.2) is 0 Å². The van der Waals surface area contributed by atoms with E-state index in [2.05, 4.69) is 41.5 Å². The molecule has 3 fully saturated rings. The fraction of sp³-hybridized carbons (Fsp3) is 0.929. The molecule has 0 radical (unpaired) electrons. The van der Waals surface area contributed by atoms with Crippen LogP contribution in [0.3, 0.4) is 0 Å². The smallest absolute Gasteiger partial charge is 0.303 e. The number of carbonyl (C=O) groups is 2. The number of Topliss-reactive ketones (excluding diaryl/α,β-unsaturated/α-hetero) is 1. The third-order valence-corrected chi connectivity index (χ3v) is 10.4. The highest BCUT2D eigenvalue weighted by Crippen LogP contribution is 2.67. The molecule has 0 aromatic heterocycles. The van der Waals surface area contributed by atoms with Gasteiger partial charge in [0.1, 0.15) is 5.78 Å². The molecule has 0 aromatic rings. The Kier molecular flexibility index (Phi) is 7.64. The van der Waals surface area contributed by atoms with Crippen molar-refractivity contribution in [1.29, 1.82) is 0 Å². The van der Waals surface area contributed by atoms with Gasteiger partial charge in [-0.25, -0.2) is 0 Å². The number of carboxylic acids is 1. The van der Waals surface area contributed by atoms with E-state index in [1.54, 1.807) is 0 Å². The van der Waals surface area contributed by atoms with Crippen molar-refractivity contribution in [2.45, 2.75) is 112 Å². The Bertz CT molecular complexity index is 655. The molecular formula is C28H48O3. The first-order valence-corrected chi connectivity index (χ1v) is 13.3. The number of hydrogen-bond donors (Lipinski definition) is 1. The van der Waals surface area contributed by atoms with E-state index >= 15 is 0 Å². The van der Waals surface area contributed by atoms with Gasteiger partial charge in [0.2, 0.25) is 0 Å². The van der Waals surface area contributed by atoms with Gasteiger partial charge >= 0.3 is 5.97 Å². The van der Waals surface area contributed by atoms with Gasteiger partial charge in [0.25, 0.3) is 0 Å². The van der Waals surface area contributed by atoms with Gasteiger partial charge in [0.05, 0.1) is 0 Å². The van der Waals surface area contributed by atoms with Crippen LogP contribution in [0.1, 0.15) is 112 Å². The minimum absolute atomic E-state index is 0.125. The van der Waals surface area contributed by atoms with E-state index in [1.807, 2.05) is 0 Å². The van der Waals surface area contributed by atoms with E-state index in [4.69, 9.17) is 0 Å². The SMILES string of the molecule is CC[C@H]1CC(=O)[C@](C)(CCC(=O)O)C2CC[C@]3(C)C(C(C)CCCC(C)C)CCC3C21. The Morgan fingerprint density at radius 2 is 1.81 bits per heavy atom. The molecular weight excluding hydrogens is 384 g/mol. The third-order valence-electron chi connectivity index (χ3n) is 10.4. The number of fused-ring (bicyclic) bond motifs is 3. The lowest BCUT2D eigenvalue weighted by atomic mass is 9.45. The lowest BCUT2D eigenvalue weighted by Gasteiger charge is -2.58. The second kappa shape index (κ2) is 9.56. The summed E-state index contributed by atoms with van der Waals surface area (Å²) in [6.45, 7) is 14.1. The molecule has 178 valence electrons. The molecule has 3 nitrogen and oxygen atoms in total. The number of carbonyl (C=O) groups excluding carboxylic acids is 1. The largest absolute Gasteiger partial charge is 0.481 e. The van der Waals surface area contributed by atoms with Crippen molar-refractivity contribution in [3.05, 3.63) is 0 Å². The molecule has 0 saturated heterocycles. The number of aliphatic carboxylic acids is 1. The van der Waals surface area contributed by atoms with Gasteiger partial charge in [0.15, 0.2) is 0 Å². The summed E-state index contributed by atoms with van der Waals surface area (Å²) in [5.74, 6) is 4.17. The lowest BCUT2D eigenvalue weighted by molar-refractivity contribution is -0.155. The topological polar surface area (TPSA) is 54.4 Å².